The third-order valence-corrected chi connectivity index (χ3v) is 3.01. The highest BCUT2D eigenvalue weighted by Crippen LogP contribution is 2.23. The van der Waals surface area contributed by atoms with Crippen LogP contribution in [-0.4, -0.2) is 18.2 Å². The van der Waals surface area contributed by atoms with Crippen molar-refractivity contribution in [3.8, 4) is 5.75 Å². The number of hydrogen-bond acceptors (Lipinski definition) is 3. The molecule has 2 amide bonds. The summed E-state index contributed by atoms with van der Waals surface area (Å²) in [7, 11) is 1.55. The third-order valence-electron chi connectivity index (χ3n) is 3.01. The third kappa shape index (κ3) is 3.97. The number of nitrogens with one attached hydrogen (secondary N) is 2. The normalized spacial score (nSPS) is 11.6. The summed E-state index contributed by atoms with van der Waals surface area (Å²) in [5.41, 5.74) is 2.04. The first-order valence-corrected chi connectivity index (χ1v) is 6.59. The summed E-state index contributed by atoms with van der Waals surface area (Å²) in [5.74, 6) is 0.595. The van der Waals surface area contributed by atoms with Gasteiger partial charge in [-0.1, -0.05) is 24.3 Å². The predicted octanol–water partition coefficient (Wildman–Crippen LogP) is 3.39. The molecule has 2 aromatic rings. The number of para-hydroxylation sites is 2. The minimum Gasteiger partial charge on any atom is -0.495 e. The lowest BCUT2D eigenvalue weighted by Gasteiger charge is -2.11. The minimum absolute atomic E-state index is 0.357. The van der Waals surface area contributed by atoms with E-state index in [0.29, 0.717) is 17.1 Å². The molecule has 0 aliphatic rings. The molecule has 0 spiro atoms. The molecule has 2 aromatic carbocycles. The molecule has 110 valence electrons. The molecule has 5 nitrogen and oxygen atoms in total. The second-order valence-electron chi connectivity index (χ2n) is 4.58. The van der Waals surface area contributed by atoms with Crippen molar-refractivity contribution < 1.29 is 14.6 Å². The van der Waals surface area contributed by atoms with E-state index in [1.165, 1.54) is 0 Å². The molecule has 5 heteroatoms. The van der Waals surface area contributed by atoms with Gasteiger partial charge in [0.25, 0.3) is 0 Å². The van der Waals surface area contributed by atoms with E-state index in [0.717, 1.165) is 5.56 Å². The highest BCUT2D eigenvalue weighted by molar-refractivity contribution is 6.00. The highest BCUT2D eigenvalue weighted by atomic mass is 16.5. The highest BCUT2D eigenvalue weighted by Gasteiger charge is 2.07. The lowest BCUT2D eigenvalue weighted by Crippen LogP contribution is -2.19. The fourth-order valence-corrected chi connectivity index (χ4v) is 1.88. The topological polar surface area (TPSA) is 70.6 Å². The quantitative estimate of drug-likeness (QED) is 0.806. The summed E-state index contributed by atoms with van der Waals surface area (Å²) in [4.78, 5) is 11.9. The van der Waals surface area contributed by atoms with Gasteiger partial charge in [-0.25, -0.2) is 4.79 Å². The second-order valence-corrected chi connectivity index (χ2v) is 4.58. The molecule has 1 unspecified atom stereocenters. The van der Waals surface area contributed by atoms with Gasteiger partial charge in [-0.15, -0.1) is 0 Å². The number of carbonyl (C=O) groups excluding carboxylic acids is 1. The van der Waals surface area contributed by atoms with Gasteiger partial charge in [0, 0.05) is 5.69 Å². The largest absolute Gasteiger partial charge is 0.495 e. The molecule has 21 heavy (non-hydrogen) atoms. The fraction of sp³-hybridized carbons (Fsp3) is 0.188. The van der Waals surface area contributed by atoms with Crippen molar-refractivity contribution in [2.45, 2.75) is 13.0 Å². The van der Waals surface area contributed by atoms with Gasteiger partial charge in [0.05, 0.1) is 18.9 Å². The number of anilines is 2. The van der Waals surface area contributed by atoms with Crippen LogP contribution in [0.2, 0.25) is 0 Å². The Bertz CT molecular complexity index is 609. The molecular weight excluding hydrogens is 268 g/mol. The van der Waals surface area contributed by atoms with Crippen molar-refractivity contribution in [1.29, 1.82) is 0 Å². The molecule has 0 fully saturated rings. The Balaban J connectivity index is 2.01. The zero-order valence-corrected chi connectivity index (χ0v) is 12.0. The standard InChI is InChI=1S/C16H18N2O3/c1-11(19)12-7-9-13(10-8-12)17-16(20)18-14-5-3-4-6-15(14)21-2/h3-11,19H,1-2H3,(H2,17,18,20). The summed E-state index contributed by atoms with van der Waals surface area (Å²) in [6, 6.07) is 13.8. The van der Waals surface area contributed by atoms with E-state index in [4.69, 9.17) is 4.74 Å². The van der Waals surface area contributed by atoms with E-state index < -0.39 is 6.10 Å². The number of urea groups is 1. The zero-order valence-electron chi connectivity index (χ0n) is 12.0. The monoisotopic (exact) mass is 286 g/mol. The molecule has 0 aliphatic heterocycles. The van der Waals surface area contributed by atoms with Crippen LogP contribution in [0.4, 0.5) is 16.2 Å². The van der Waals surface area contributed by atoms with E-state index >= 15 is 0 Å². The summed E-state index contributed by atoms with van der Waals surface area (Å²) in [5, 5.41) is 14.9. The van der Waals surface area contributed by atoms with Gasteiger partial charge in [0.1, 0.15) is 5.75 Å². The predicted molar refractivity (Wildman–Crippen MR) is 82.7 cm³/mol. The average Bonchev–Trinajstić information content (AvgIpc) is 2.48. The molecule has 0 aromatic heterocycles. The number of carbonyl (C=O) groups is 1. The van der Waals surface area contributed by atoms with Crippen LogP contribution in [-0.2, 0) is 0 Å². The molecule has 0 saturated carbocycles. The average molecular weight is 286 g/mol. The fourth-order valence-electron chi connectivity index (χ4n) is 1.88. The van der Waals surface area contributed by atoms with E-state index in [1.807, 2.05) is 12.1 Å². The lowest BCUT2D eigenvalue weighted by atomic mass is 10.1. The SMILES string of the molecule is COc1ccccc1NC(=O)Nc1ccc(C(C)O)cc1. The van der Waals surface area contributed by atoms with Gasteiger partial charge in [-0.2, -0.15) is 0 Å². The van der Waals surface area contributed by atoms with Crippen LogP contribution >= 0.6 is 0 Å². The summed E-state index contributed by atoms with van der Waals surface area (Å²) >= 11 is 0. The van der Waals surface area contributed by atoms with Crippen LogP contribution < -0.4 is 15.4 Å². The Hall–Kier alpha value is -2.53. The van der Waals surface area contributed by atoms with Gasteiger partial charge >= 0.3 is 6.03 Å². The molecule has 0 radical (unpaired) electrons. The molecule has 0 heterocycles. The minimum atomic E-state index is -0.526. The van der Waals surface area contributed by atoms with Crippen LogP contribution in [0.5, 0.6) is 5.75 Å². The first-order valence-electron chi connectivity index (χ1n) is 6.59. The first-order chi connectivity index (χ1) is 10.1. The number of rotatable bonds is 4. The van der Waals surface area contributed by atoms with Gasteiger partial charge in [-0.3, -0.25) is 0 Å². The molecular formula is C16H18N2O3. The van der Waals surface area contributed by atoms with Crippen molar-refractivity contribution in [2.24, 2.45) is 0 Å². The molecule has 1 atom stereocenters. The van der Waals surface area contributed by atoms with Gasteiger partial charge < -0.3 is 20.5 Å². The molecule has 2 rings (SSSR count). The number of aliphatic hydroxyl groups excluding tert-OH is 1. The number of amides is 2. The van der Waals surface area contributed by atoms with Crippen LogP contribution in [0.1, 0.15) is 18.6 Å². The van der Waals surface area contributed by atoms with Gasteiger partial charge in [0.15, 0.2) is 0 Å². The Morgan fingerprint density at radius 1 is 1.10 bits per heavy atom. The number of hydrogen-bond donors (Lipinski definition) is 3. The summed E-state index contributed by atoms with van der Waals surface area (Å²) in [6.07, 6.45) is -0.526. The Kier molecular flexibility index (Phi) is 4.79. The van der Waals surface area contributed by atoms with Crippen LogP contribution in [0.15, 0.2) is 48.5 Å². The molecule has 0 aliphatic carbocycles. The van der Waals surface area contributed by atoms with E-state index in [1.54, 1.807) is 50.4 Å². The number of aliphatic hydroxyl groups is 1. The van der Waals surface area contributed by atoms with Crippen LogP contribution in [0.25, 0.3) is 0 Å². The zero-order chi connectivity index (χ0) is 15.2. The van der Waals surface area contributed by atoms with Crippen molar-refractivity contribution >= 4 is 17.4 Å². The maximum absolute atomic E-state index is 11.9. The number of methoxy groups -OCH3 is 1. The summed E-state index contributed by atoms with van der Waals surface area (Å²) < 4.78 is 5.17. The molecule has 0 saturated heterocycles. The Labute approximate surface area is 123 Å². The van der Waals surface area contributed by atoms with E-state index in [9.17, 15) is 9.90 Å². The maximum atomic E-state index is 11.9. The summed E-state index contributed by atoms with van der Waals surface area (Å²) in [6.45, 7) is 1.69. The maximum Gasteiger partial charge on any atom is 0.323 e. The van der Waals surface area contributed by atoms with E-state index in [2.05, 4.69) is 10.6 Å². The van der Waals surface area contributed by atoms with E-state index in [-0.39, 0.29) is 6.03 Å². The van der Waals surface area contributed by atoms with Crippen LogP contribution in [0, 0.1) is 0 Å². The van der Waals surface area contributed by atoms with Crippen molar-refractivity contribution in [2.75, 3.05) is 17.7 Å². The Morgan fingerprint density at radius 3 is 2.38 bits per heavy atom. The Morgan fingerprint density at radius 2 is 1.76 bits per heavy atom. The molecule has 0 bridgehead atoms. The second kappa shape index (κ2) is 6.76. The van der Waals surface area contributed by atoms with Gasteiger partial charge in [0.2, 0.25) is 0 Å². The van der Waals surface area contributed by atoms with Crippen LogP contribution in [0.3, 0.4) is 0 Å². The van der Waals surface area contributed by atoms with Gasteiger partial charge in [-0.05, 0) is 36.8 Å². The number of benzene rings is 2. The van der Waals surface area contributed by atoms with Crippen molar-refractivity contribution in [3.05, 3.63) is 54.1 Å². The van der Waals surface area contributed by atoms with Crippen molar-refractivity contribution in [3.63, 3.8) is 0 Å². The first kappa shape index (κ1) is 14.9. The van der Waals surface area contributed by atoms with Crippen molar-refractivity contribution in [1.82, 2.24) is 0 Å². The number of ether oxygens (including phenoxy) is 1. The lowest BCUT2D eigenvalue weighted by molar-refractivity contribution is 0.199. The smallest absolute Gasteiger partial charge is 0.323 e. The molecule has 3 N–H and O–H groups in total.